The second kappa shape index (κ2) is 5.08. The van der Waals surface area contributed by atoms with Crippen LogP contribution in [0.25, 0.3) is 6.08 Å². The molecule has 0 fully saturated rings. The smallest absolute Gasteiger partial charge is 0.331 e. The summed E-state index contributed by atoms with van der Waals surface area (Å²) in [4.78, 5) is 11.3. The minimum absolute atomic E-state index is 0.252. The van der Waals surface area contributed by atoms with Gasteiger partial charge in [0.15, 0.2) is 0 Å². The number of ether oxygens (including phenoxy) is 1. The molecule has 0 amide bonds. The first-order valence-electron chi connectivity index (χ1n) is 5.15. The van der Waals surface area contributed by atoms with E-state index in [0.29, 0.717) is 0 Å². The molecule has 0 spiro atoms. The highest BCUT2D eigenvalue weighted by molar-refractivity contribution is 5.87. The number of carbonyl (C=O) groups is 1. The summed E-state index contributed by atoms with van der Waals surface area (Å²) in [5, 5.41) is 0. The lowest BCUT2D eigenvalue weighted by molar-refractivity contribution is -0.148. The SMILES string of the molecule is CC(C)(C)OC(=O)/C=C/c1c(F)cccc1F. The zero-order valence-corrected chi connectivity index (χ0v) is 9.96. The predicted octanol–water partition coefficient (Wildman–Crippen LogP) is 3.32. The number of benzene rings is 1. The molecule has 0 aromatic heterocycles. The molecule has 0 heterocycles. The van der Waals surface area contributed by atoms with Gasteiger partial charge in [-0.05, 0) is 39.0 Å². The first kappa shape index (κ1) is 13.4. The van der Waals surface area contributed by atoms with Gasteiger partial charge in [0.1, 0.15) is 17.2 Å². The van der Waals surface area contributed by atoms with Crippen molar-refractivity contribution in [1.29, 1.82) is 0 Å². The maximum absolute atomic E-state index is 13.2. The van der Waals surface area contributed by atoms with Gasteiger partial charge in [0.2, 0.25) is 0 Å². The monoisotopic (exact) mass is 240 g/mol. The Bertz CT molecular complexity index is 425. The fraction of sp³-hybridized carbons (Fsp3) is 0.308. The van der Waals surface area contributed by atoms with E-state index in [1.165, 1.54) is 6.07 Å². The van der Waals surface area contributed by atoms with E-state index in [0.717, 1.165) is 24.3 Å². The summed E-state index contributed by atoms with van der Waals surface area (Å²) in [6, 6.07) is 3.51. The molecule has 0 saturated heterocycles. The van der Waals surface area contributed by atoms with E-state index >= 15 is 0 Å². The quantitative estimate of drug-likeness (QED) is 0.585. The van der Waals surface area contributed by atoms with Gasteiger partial charge in [0.05, 0.1) is 0 Å². The number of esters is 1. The third-order valence-corrected chi connectivity index (χ3v) is 1.79. The van der Waals surface area contributed by atoms with E-state index in [4.69, 9.17) is 4.74 Å². The summed E-state index contributed by atoms with van der Waals surface area (Å²) in [5.74, 6) is -2.07. The average molecular weight is 240 g/mol. The first-order chi connectivity index (χ1) is 7.79. The highest BCUT2D eigenvalue weighted by atomic mass is 19.1. The summed E-state index contributed by atoms with van der Waals surface area (Å²) >= 11 is 0. The van der Waals surface area contributed by atoms with E-state index in [-0.39, 0.29) is 5.56 Å². The largest absolute Gasteiger partial charge is 0.457 e. The predicted molar refractivity (Wildman–Crippen MR) is 61.2 cm³/mol. The molecule has 0 aliphatic rings. The molecule has 1 rings (SSSR count). The lowest BCUT2D eigenvalue weighted by Gasteiger charge is -2.17. The van der Waals surface area contributed by atoms with Crippen molar-refractivity contribution in [3.05, 3.63) is 41.5 Å². The Morgan fingerprint density at radius 3 is 2.24 bits per heavy atom. The van der Waals surface area contributed by atoms with Gasteiger partial charge in [-0.25, -0.2) is 13.6 Å². The topological polar surface area (TPSA) is 26.3 Å². The first-order valence-corrected chi connectivity index (χ1v) is 5.15. The van der Waals surface area contributed by atoms with Crippen LogP contribution in [0.3, 0.4) is 0 Å². The highest BCUT2D eigenvalue weighted by Crippen LogP contribution is 2.14. The standard InChI is InChI=1S/C13H14F2O2/c1-13(2,3)17-12(16)8-7-9-10(14)5-4-6-11(9)15/h4-8H,1-3H3/b8-7+. The van der Waals surface area contributed by atoms with Gasteiger partial charge in [-0.3, -0.25) is 0 Å². The van der Waals surface area contributed by atoms with Crippen LogP contribution in [0, 0.1) is 11.6 Å². The van der Waals surface area contributed by atoms with Crippen molar-refractivity contribution in [2.75, 3.05) is 0 Å². The van der Waals surface area contributed by atoms with Gasteiger partial charge in [-0.1, -0.05) is 6.07 Å². The van der Waals surface area contributed by atoms with Gasteiger partial charge < -0.3 is 4.74 Å². The normalized spacial score (nSPS) is 11.8. The van der Waals surface area contributed by atoms with Gasteiger partial charge in [0.25, 0.3) is 0 Å². The molecule has 0 aliphatic heterocycles. The highest BCUT2D eigenvalue weighted by Gasteiger charge is 2.14. The second-order valence-corrected chi connectivity index (χ2v) is 4.50. The van der Waals surface area contributed by atoms with Gasteiger partial charge in [0, 0.05) is 11.6 Å². The third-order valence-electron chi connectivity index (χ3n) is 1.79. The van der Waals surface area contributed by atoms with Gasteiger partial charge in [-0.2, -0.15) is 0 Å². The number of hydrogen-bond acceptors (Lipinski definition) is 2. The molecule has 4 heteroatoms. The summed E-state index contributed by atoms with van der Waals surface area (Å²) in [6.45, 7) is 5.13. The maximum atomic E-state index is 13.2. The van der Waals surface area contributed by atoms with Crippen LogP contribution in [0.4, 0.5) is 8.78 Å². The molecular weight excluding hydrogens is 226 g/mol. The fourth-order valence-corrected chi connectivity index (χ4v) is 1.16. The molecule has 17 heavy (non-hydrogen) atoms. The van der Waals surface area contributed by atoms with Gasteiger partial charge in [-0.15, -0.1) is 0 Å². The summed E-state index contributed by atoms with van der Waals surface area (Å²) in [7, 11) is 0. The van der Waals surface area contributed by atoms with Crippen LogP contribution >= 0.6 is 0 Å². The minimum Gasteiger partial charge on any atom is -0.457 e. The third kappa shape index (κ3) is 4.34. The Hall–Kier alpha value is -1.71. The van der Waals surface area contributed by atoms with Crippen molar-refractivity contribution in [2.45, 2.75) is 26.4 Å². The molecule has 0 saturated carbocycles. The Labute approximate surface area is 98.9 Å². The number of halogens is 2. The van der Waals surface area contributed by atoms with Crippen LogP contribution in [0.1, 0.15) is 26.3 Å². The van der Waals surface area contributed by atoms with E-state index < -0.39 is 23.2 Å². The van der Waals surface area contributed by atoms with Crippen LogP contribution in [0.5, 0.6) is 0 Å². The molecule has 0 atom stereocenters. The van der Waals surface area contributed by atoms with E-state index in [1.54, 1.807) is 20.8 Å². The fourth-order valence-electron chi connectivity index (χ4n) is 1.16. The maximum Gasteiger partial charge on any atom is 0.331 e. The van der Waals surface area contributed by atoms with Gasteiger partial charge >= 0.3 is 5.97 Å². The lowest BCUT2D eigenvalue weighted by atomic mass is 10.2. The molecule has 1 aromatic rings. The molecule has 92 valence electrons. The Balaban J connectivity index is 2.81. The minimum atomic E-state index is -0.718. The zero-order valence-electron chi connectivity index (χ0n) is 9.96. The second-order valence-electron chi connectivity index (χ2n) is 4.50. The van der Waals surface area contributed by atoms with E-state index in [1.807, 2.05) is 0 Å². The van der Waals surface area contributed by atoms with E-state index in [2.05, 4.69) is 0 Å². The Morgan fingerprint density at radius 2 is 1.76 bits per heavy atom. The van der Waals surface area contributed by atoms with Crippen LogP contribution < -0.4 is 0 Å². The summed E-state index contributed by atoms with van der Waals surface area (Å²) in [6.07, 6.45) is 2.07. The van der Waals surface area contributed by atoms with Crippen molar-refractivity contribution in [2.24, 2.45) is 0 Å². The molecule has 0 radical (unpaired) electrons. The Morgan fingerprint density at radius 1 is 1.24 bits per heavy atom. The van der Waals surface area contributed by atoms with Crippen LogP contribution in [-0.4, -0.2) is 11.6 Å². The zero-order chi connectivity index (χ0) is 13.1. The molecule has 0 unspecified atom stereocenters. The molecule has 0 aliphatic carbocycles. The summed E-state index contributed by atoms with van der Waals surface area (Å²) in [5.41, 5.74) is -0.881. The van der Waals surface area contributed by atoms with Crippen LogP contribution in [0.2, 0.25) is 0 Å². The van der Waals surface area contributed by atoms with Crippen LogP contribution in [0.15, 0.2) is 24.3 Å². The molecular formula is C13H14F2O2. The van der Waals surface area contributed by atoms with Crippen molar-refractivity contribution in [3.8, 4) is 0 Å². The van der Waals surface area contributed by atoms with Crippen molar-refractivity contribution in [3.63, 3.8) is 0 Å². The van der Waals surface area contributed by atoms with E-state index in [9.17, 15) is 13.6 Å². The lowest BCUT2D eigenvalue weighted by Crippen LogP contribution is -2.22. The molecule has 2 nitrogen and oxygen atoms in total. The van der Waals surface area contributed by atoms with Crippen molar-refractivity contribution < 1.29 is 18.3 Å². The number of hydrogen-bond donors (Lipinski definition) is 0. The van der Waals surface area contributed by atoms with Crippen LogP contribution in [-0.2, 0) is 9.53 Å². The average Bonchev–Trinajstić information content (AvgIpc) is 2.14. The molecule has 0 N–H and O–H groups in total. The Kier molecular flexibility index (Phi) is 3.99. The van der Waals surface area contributed by atoms with Crippen molar-refractivity contribution in [1.82, 2.24) is 0 Å². The molecule has 0 bridgehead atoms. The van der Waals surface area contributed by atoms with Crippen molar-refractivity contribution >= 4 is 12.0 Å². The number of carbonyl (C=O) groups excluding carboxylic acids is 1. The molecule has 1 aromatic carbocycles. The summed E-state index contributed by atoms with van der Waals surface area (Å²) < 4.78 is 31.4. The number of rotatable bonds is 2.